The molecule has 62 heavy (non-hydrogen) atoms. The number of hydrogen-bond acceptors (Lipinski definition) is 2. The van der Waals surface area contributed by atoms with Crippen molar-refractivity contribution in [3.8, 4) is 22.3 Å². The summed E-state index contributed by atoms with van der Waals surface area (Å²) in [6, 6.07) is 65.4. The van der Waals surface area contributed by atoms with E-state index in [9.17, 15) is 0 Å². The Hall–Kier alpha value is -7.03. The normalized spacial score (nSPS) is 14.0. The topological polar surface area (TPSA) is 6.48 Å². The lowest BCUT2D eigenvalue weighted by molar-refractivity contribution is 0.867. The molecular formula is C58H42B2N2. The second-order valence-electron chi connectivity index (χ2n) is 18.7. The summed E-state index contributed by atoms with van der Waals surface area (Å²) in [6.45, 7) is 9.57. The number of hydrogen-bond donors (Lipinski definition) is 0. The zero-order valence-corrected chi connectivity index (χ0v) is 35.4. The Morgan fingerprint density at radius 3 is 1.16 bits per heavy atom. The van der Waals surface area contributed by atoms with E-state index in [1.807, 2.05) is 0 Å². The molecule has 4 aliphatic heterocycles. The summed E-state index contributed by atoms with van der Waals surface area (Å²) < 4.78 is 0. The van der Waals surface area contributed by atoms with Crippen LogP contribution in [0.25, 0.3) is 54.6 Å². The average molecular weight is 789 g/mol. The molecule has 2 nitrogen and oxygen atoms in total. The maximum absolute atomic E-state index is 2.59. The Morgan fingerprint density at radius 2 is 0.742 bits per heavy atom. The minimum absolute atomic E-state index is 0.108. The van der Waals surface area contributed by atoms with Crippen LogP contribution in [0.1, 0.15) is 50.7 Å². The smallest absolute Gasteiger partial charge is 0.248 e. The van der Waals surface area contributed by atoms with Gasteiger partial charge in [-0.3, -0.25) is 0 Å². The molecule has 0 bridgehead atoms. The Labute approximate surface area is 363 Å². The molecule has 0 radical (unpaired) electrons. The second kappa shape index (κ2) is 12.3. The molecule has 14 rings (SSSR count). The zero-order valence-electron chi connectivity index (χ0n) is 35.4. The summed E-state index contributed by atoms with van der Waals surface area (Å²) in [7, 11) is 0. The van der Waals surface area contributed by atoms with Crippen LogP contribution in [0.5, 0.6) is 0 Å². The lowest BCUT2D eigenvalue weighted by Crippen LogP contribution is -2.60. The van der Waals surface area contributed by atoms with Gasteiger partial charge in [0.05, 0.1) is 0 Å². The lowest BCUT2D eigenvalue weighted by Gasteiger charge is -2.42. The first kappa shape index (κ1) is 34.7. The van der Waals surface area contributed by atoms with Crippen LogP contribution in [0, 0.1) is 0 Å². The summed E-state index contributed by atoms with van der Waals surface area (Å²) in [6.07, 6.45) is 0. The maximum Gasteiger partial charge on any atom is 0.248 e. The van der Waals surface area contributed by atoms with E-state index in [-0.39, 0.29) is 13.4 Å². The molecule has 0 spiro atoms. The van der Waals surface area contributed by atoms with Gasteiger partial charge in [-0.2, -0.15) is 0 Å². The third-order valence-electron chi connectivity index (χ3n) is 14.9. The van der Waals surface area contributed by atoms with Crippen molar-refractivity contribution in [1.82, 2.24) is 0 Å². The number of fused-ring (bicyclic) bond motifs is 8. The molecule has 0 amide bonds. The molecule has 0 N–H and O–H groups in total. The summed E-state index contributed by atoms with van der Waals surface area (Å²) in [4.78, 5) is 5.06. The molecule has 4 heteroatoms. The molecule has 290 valence electrons. The summed E-state index contributed by atoms with van der Waals surface area (Å²) in [5.41, 5.74) is 24.2. The summed E-state index contributed by atoms with van der Waals surface area (Å²) >= 11 is 0. The molecular weight excluding hydrogens is 746 g/mol. The molecule has 10 aromatic carbocycles. The first-order valence-corrected chi connectivity index (χ1v) is 22.5. The van der Waals surface area contributed by atoms with Crippen molar-refractivity contribution < 1.29 is 0 Å². The quantitative estimate of drug-likeness (QED) is 0.129. The van der Waals surface area contributed by atoms with Crippen molar-refractivity contribution in [2.24, 2.45) is 0 Å². The van der Waals surface area contributed by atoms with Gasteiger partial charge >= 0.3 is 0 Å². The fourth-order valence-electron chi connectivity index (χ4n) is 12.2. The predicted octanol–water partition coefficient (Wildman–Crippen LogP) is 11.4. The largest absolute Gasteiger partial charge is 0.311 e. The highest BCUT2D eigenvalue weighted by atomic mass is 15.2. The van der Waals surface area contributed by atoms with Gasteiger partial charge in [0.1, 0.15) is 0 Å². The fourth-order valence-corrected chi connectivity index (χ4v) is 12.2. The van der Waals surface area contributed by atoms with Crippen LogP contribution in [-0.2, 0) is 0 Å². The predicted molar refractivity (Wildman–Crippen MR) is 268 cm³/mol. The minimum atomic E-state index is 0.108. The van der Waals surface area contributed by atoms with E-state index in [1.165, 1.54) is 133 Å². The monoisotopic (exact) mass is 788 g/mol. The van der Waals surface area contributed by atoms with Crippen LogP contribution in [0.3, 0.4) is 0 Å². The minimum Gasteiger partial charge on any atom is -0.311 e. The van der Waals surface area contributed by atoms with E-state index in [1.54, 1.807) is 0 Å². The summed E-state index contributed by atoms with van der Waals surface area (Å²) in [5, 5.41) is 8.35. The number of benzene rings is 10. The van der Waals surface area contributed by atoms with Crippen LogP contribution >= 0.6 is 0 Å². The standard InChI is InChI=1S/C58H42B2N2/c1-33(2)37-27-43-41-25-23-35-30-48-56-42(44-28-38(34(3)4)32-52-58(44)60(48)46-20-12-14-22-50(46)62(52)40-17-9-6-10-18-40)26-24-36-29-47(55(41)53(35)54(36)56)59-45-19-11-13-21-49(45)61(51(31-37)57(43)59)39-15-7-5-8-16-39/h5-34H,1-4H3. The molecule has 10 aromatic rings. The van der Waals surface area contributed by atoms with Crippen LogP contribution in [0.15, 0.2) is 170 Å². The highest BCUT2D eigenvalue weighted by molar-refractivity contribution is 7.02. The van der Waals surface area contributed by atoms with E-state index < -0.39 is 0 Å². The second-order valence-corrected chi connectivity index (χ2v) is 18.7. The van der Waals surface area contributed by atoms with Crippen molar-refractivity contribution >= 4 is 113 Å². The Kier molecular flexibility index (Phi) is 6.87. The molecule has 0 saturated heterocycles. The Bertz CT molecular complexity index is 3320. The van der Waals surface area contributed by atoms with E-state index >= 15 is 0 Å². The van der Waals surface area contributed by atoms with E-state index in [2.05, 4.69) is 207 Å². The van der Waals surface area contributed by atoms with Gasteiger partial charge in [-0.25, -0.2) is 0 Å². The summed E-state index contributed by atoms with van der Waals surface area (Å²) in [5.74, 6) is 0.761. The van der Waals surface area contributed by atoms with E-state index in [0.717, 1.165) is 0 Å². The van der Waals surface area contributed by atoms with Gasteiger partial charge in [-0.05, 0) is 148 Å². The van der Waals surface area contributed by atoms with Crippen LogP contribution in [0.4, 0.5) is 34.1 Å². The Morgan fingerprint density at radius 1 is 0.339 bits per heavy atom. The molecule has 0 unspecified atom stereocenters. The number of para-hydroxylation sites is 4. The van der Waals surface area contributed by atoms with Crippen LogP contribution in [-0.4, -0.2) is 13.4 Å². The van der Waals surface area contributed by atoms with Crippen molar-refractivity contribution in [1.29, 1.82) is 0 Å². The van der Waals surface area contributed by atoms with Crippen molar-refractivity contribution in [3.05, 3.63) is 181 Å². The first-order valence-electron chi connectivity index (χ1n) is 22.5. The molecule has 4 aliphatic rings. The Balaban J connectivity index is 1.11. The number of nitrogens with zero attached hydrogens (tertiary/aromatic N) is 2. The first-order chi connectivity index (χ1) is 30.4. The zero-order chi connectivity index (χ0) is 41.1. The highest BCUT2D eigenvalue weighted by Crippen LogP contribution is 2.49. The van der Waals surface area contributed by atoms with Gasteiger partial charge in [0.15, 0.2) is 0 Å². The molecule has 0 aliphatic carbocycles. The average Bonchev–Trinajstić information content (AvgIpc) is 3.31. The highest BCUT2D eigenvalue weighted by Gasteiger charge is 2.45. The van der Waals surface area contributed by atoms with Crippen molar-refractivity contribution in [3.63, 3.8) is 0 Å². The molecule has 0 saturated carbocycles. The van der Waals surface area contributed by atoms with Gasteiger partial charge in [-0.1, -0.05) is 160 Å². The molecule has 0 atom stereocenters. The van der Waals surface area contributed by atoms with Crippen molar-refractivity contribution in [2.75, 3.05) is 9.80 Å². The van der Waals surface area contributed by atoms with Gasteiger partial charge in [0.2, 0.25) is 13.4 Å². The third kappa shape index (κ3) is 4.37. The molecule has 0 fully saturated rings. The molecule has 4 heterocycles. The maximum atomic E-state index is 2.59. The van der Waals surface area contributed by atoms with Gasteiger partial charge in [-0.15, -0.1) is 0 Å². The fraction of sp³-hybridized carbons (Fsp3) is 0.103. The van der Waals surface area contributed by atoms with Crippen LogP contribution in [0.2, 0.25) is 0 Å². The van der Waals surface area contributed by atoms with E-state index in [0.29, 0.717) is 11.8 Å². The SMILES string of the molecule is CC(C)c1cc2c3c(c1)N(c1ccccc1)c1ccccc1B3c1cc3ccc4c5c(cc6ccc-2c1c6c35)B1c2ccccc2N(c2ccccc2)c2cc(C(C)C)cc-4c21. The van der Waals surface area contributed by atoms with Crippen LogP contribution < -0.4 is 42.6 Å². The van der Waals surface area contributed by atoms with Gasteiger partial charge in [0, 0.05) is 34.1 Å². The van der Waals surface area contributed by atoms with E-state index in [4.69, 9.17) is 0 Å². The lowest BCUT2D eigenvalue weighted by atomic mass is 9.31. The number of anilines is 6. The molecule has 0 aromatic heterocycles. The number of rotatable bonds is 4. The van der Waals surface area contributed by atoms with Gasteiger partial charge < -0.3 is 9.80 Å². The van der Waals surface area contributed by atoms with Gasteiger partial charge in [0.25, 0.3) is 0 Å². The third-order valence-corrected chi connectivity index (χ3v) is 14.9. The van der Waals surface area contributed by atoms with Crippen molar-refractivity contribution in [2.45, 2.75) is 39.5 Å².